The number of nitrogens with zero attached hydrogens (tertiary/aromatic N) is 2. The summed E-state index contributed by atoms with van der Waals surface area (Å²) in [5.74, 6) is -1.02. The molecule has 0 spiro atoms. The molecule has 0 aliphatic carbocycles. The van der Waals surface area contributed by atoms with E-state index in [1.807, 2.05) is 13.0 Å². The third-order valence-corrected chi connectivity index (χ3v) is 7.19. The molecule has 1 heterocycles. The highest BCUT2D eigenvalue weighted by atomic mass is 79.9. The first-order chi connectivity index (χ1) is 12.7. The molecule has 0 saturated carbocycles. The number of rotatable bonds is 3. The van der Waals surface area contributed by atoms with Gasteiger partial charge >= 0.3 is 0 Å². The Balaban J connectivity index is 1.74. The maximum Gasteiger partial charge on any atom is 0.256 e. The van der Waals surface area contributed by atoms with Crippen LogP contribution in [0.4, 0.5) is 4.39 Å². The highest BCUT2D eigenvalue weighted by Gasteiger charge is 2.31. The first-order valence-electron chi connectivity index (χ1n) is 8.52. The van der Waals surface area contributed by atoms with Crippen molar-refractivity contribution >= 4 is 31.9 Å². The van der Waals surface area contributed by atoms with Crippen molar-refractivity contribution in [2.75, 3.05) is 26.2 Å². The van der Waals surface area contributed by atoms with E-state index in [9.17, 15) is 17.6 Å². The van der Waals surface area contributed by atoms with E-state index in [0.29, 0.717) is 10.0 Å². The van der Waals surface area contributed by atoms with Crippen LogP contribution >= 0.6 is 15.9 Å². The average Bonchev–Trinajstić information content (AvgIpc) is 2.61. The van der Waals surface area contributed by atoms with Gasteiger partial charge in [-0.3, -0.25) is 4.79 Å². The van der Waals surface area contributed by atoms with Crippen LogP contribution in [0.15, 0.2) is 45.8 Å². The van der Waals surface area contributed by atoms with Crippen LogP contribution in [-0.4, -0.2) is 49.7 Å². The van der Waals surface area contributed by atoms with Gasteiger partial charge < -0.3 is 4.90 Å². The number of sulfonamides is 1. The molecule has 1 saturated heterocycles. The summed E-state index contributed by atoms with van der Waals surface area (Å²) >= 11 is 3.17. The van der Waals surface area contributed by atoms with Gasteiger partial charge in [0.1, 0.15) is 5.82 Å². The lowest BCUT2D eigenvalue weighted by Crippen LogP contribution is -2.50. The molecule has 144 valence electrons. The molecule has 2 aromatic rings. The zero-order valence-corrected chi connectivity index (χ0v) is 17.5. The molecule has 0 atom stereocenters. The van der Waals surface area contributed by atoms with E-state index in [1.54, 1.807) is 25.1 Å². The molecule has 0 unspecified atom stereocenters. The molecule has 0 N–H and O–H groups in total. The predicted molar refractivity (Wildman–Crippen MR) is 105 cm³/mol. The Hall–Kier alpha value is -1.77. The molecule has 0 bridgehead atoms. The second-order valence-corrected chi connectivity index (χ2v) is 9.41. The molecular weight excluding hydrogens is 435 g/mol. The van der Waals surface area contributed by atoms with E-state index in [0.717, 1.165) is 5.56 Å². The van der Waals surface area contributed by atoms with Crippen LogP contribution in [0.3, 0.4) is 0 Å². The van der Waals surface area contributed by atoms with E-state index < -0.39 is 21.7 Å². The number of amides is 1. The first kappa shape index (κ1) is 20.0. The van der Waals surface area contributed by atoms with Gasteiger partial charge in [-0.15, -0.1) is 0 Å². The van der Waals surface area contributed by atoms with E-state index in [2.05, 4.69) is 15.9 Å². The van der Waals surface area contributed by atoms with Gasteiger partial charge in [-0.2, -0.15) is 4.31 Å². The number of piperazine rings is 1. The number of hydrogen-bond donors (Lipinski definition) is 0. The lowest BCUT2D eigenvalue weighted by molar-refractivity contribution is 0.0693. The molecule has 8 heteroatoms. The smallest absolute Gasteiger partial charge is 0.256 e. The molecule has 5 nitrogen and oxygen atoms in total. The van der Waals surface area contributed by atoms with Crippen LogP contribution in [0.5, 0.6) is 0 Å². The van der Waals surface area contributed by atoms with Crippen molar-refractivity contribution in [2.45, 2.75) is 18.7 Å². The molecule has 1 fully saturated rings. The van der Waals surface area contributed by atoms with Crippen molar-refractivity contribution in [2.24, 2.45) is 0 Å². The van der Waals surface area contributed by atoms with Gasteiger partial charge in [0.05, 0.1) is 10.5 Å². The quantitative estimate of drug-likeness (QED) is 0.714. The number of halogens is 2. The summed E-state index contributed by atoms with van der Waals surface area (Å²) in [5.41, 5.74) is 1.69. The highest BCUT2D eigenvalue weighted by Crippen LogP contribution is 2.23. The van der Waals surface area contributed by atoms with Crippen molar-refractivity contribution in [3.8, 4) is 0 Å². The fraction of sp³-hybridized carbons (Fsp3) is 0.316. The topological polar surface area (TPSA) is 57.7 Å². The van der Waals surface area contributed by atoms with Crippen molar-refractivity contribution in [1.82, 2.24) is 9.21 Å². The molecular formula is C19H20BrFN2O3S. The summed E-state index contributed by atoms with van der Waals surface area (Å²) in [6.07, 6.45) is 0. The number of hydrogen-bond acceptors (Lipinski definition) is 3. The molecule has 2 aromatic carbocycles. The molecule has 1 aliphatic rings. The van der Waals surface area contributed by atoms with Crippen LogP contribution in [0, 0.1) is 19.7 Å². The van der Waals surface area contributed by atoms with Crippen LogP contribution in [0.1, 0.15) is 21.5 Å². The van der Waals surface area contributed by atoms with Crippen LogP contribution in [0.25, 0.3) is 0 Å². The third kappa shape index (κ3) is 4.07. The van der Waals surface area contributed by atoms with Gasteiger partial charge in [0, 0.05) is 30.7 Å². The summed E-state index contributed by atoms with van der Waals surface area (Å²) in [5, 5.41) is 0. The first-order valence-corrected chi connectivity index (χ1v) is 10.7. The Morgan fingerprint density at radius 2 is 1.70 bits per heavy atom. The van der Waals surface area contributed by atoms with Crippen LogP contribution < -0.4 is 0 Å². The molecule has 0 radical (unpaired) electrons. The Kier molecular flexibility index (Phi) is 5.69. The monoisotopic (exact) mass is 454 g/mol. The van der Waals surface area contributed by atoms with Gasteiger partial charge in [0.2, 0.25) is 10.0 Å². The van der Waals surface area contributed by atoms with Crippen LogP contribution in [-0.2, 0) is 10.0 Å². The molecule has 1 amide bonds. The number of benzene rings is 2. The van der Waals surface area contributed by atoms with E-state index in [1.165, 1.54) is 21.3 Å². The maximum absolute atomic E-state index is 14.0. The standard InChI is InChI=1S/C19H20BrFN2O3S/c1-13-3-6-18(14(2)11-13)27(25,26)23-9-7-22(8-10-23)19(24)16-5-4-15(20)12-17(16)21/h3-6,11-12H,7-10H2,1-2H3. The molecule has 27 heavy (non-hydrogen) atoms. The zero-order valence-electron chi connectivity index (χ0n) is 15.1. The van der Waals surface area contributed by atoms with Crippen molar-refractivity contribution < 1.29 is 17.6 Å². The van der Waals surface area contributed by atoms with Crippen molar-refractivity contribution in [3.63, 3.8) is 0 Å². The van der Waals surface area contributed by atoms with Gasteiger partial charge in [-0.05, 0) is 43.7 Å². The molecule has 1 aliphatic heterocycles. The summed E-state index contributed by atoms with van der Waals surface area (Å²) in [6, 6.07) is 9.51. The fourth-order valence-electron chi connectivity index (χ4n) is 3.19. The summed E-state index contributed by atoms with van der Waals surface area (Å²) in [4.78, 5) is 14.3. The number of carbonyl (C=O) groups excluding carboxylic acids is 1. The highest BCUT2D eigenvalue weighted by molar-refractivity contribution is 9.10. The fourth-order valence-corrected chi connectivity index (χ4v) is 5.15. The summed E-state index contributed by atoms with van der Waals surface area (Å²) in [6.45, 7) is 4.49. The minimum Gasteiger partial charge on any atom is -0.336 e. The maximum atomic E-state index is 14.0. The number of aryl methyl sites for hydroxylation is 2. The van der Waals surface area contributed by atoms with Crippen molar-refractivity contribution in [3.05, 3.63) is 63.4 Å². The lowest BCUT2D eigenvalue weighted by atomic mass is 10.1. The van der Waals surface area contributed by atoms with Gasteiger partial charge in [0.25, 0.3) is 5.91 Å². The van der Waals surface area contributed by atoms with Crippen LogP contribution in [0.2, 0.25) is 0 Å². The molecule has 0 aromatic heterocycles. The Labute approximate surface area is 167 Å². The Morgan fingerprint density at radius 1 is 1.04 bits per heavy atom. The Morgan fingerprint density at radius 3 is 2.30 bits per heavy atom. The Bertz CT molecular complexity index is 986. The van der Waals surface area contributed by atoms with Gasteiger partial charge in [-0.1, -0.05) is 33.6 Å². The normalized spacial score (nSPS) is 15.8. The third-order valence-electron chi connectivity index (χ3n) is 4.64. The summed E-state index contributed by atoms with van der Waals surface area (Å²) in [7, 11) is -3.62. The second-order valence-electron chi connectivity index (χ2n) is 6.59. The molecule has 3 rings (SSSR count). The van der Waals surface area contributed by atoms with E-state index >= 15 is 0 Å². The van der Waals surface area contributed by atoms with E-state index in [-0.39, 0.29) is 36.6 Å². The van der Waals surface area contributed by atoms with Gasteiger partial charge in [0.15, 0.2) is 0 Å². The largest absolute Gasteiger partial charge is 0.336 e. The average molecular weight is 455 g/mol. The second kappa shape index (κ2) is 7.69. The minimum absolute atomic E-state index is 0.0103. The lowest BCUT2D eigenvalue weighted by Gasteiger charge is -2.34. The number of carbonyl (C=O) groups is 1. The predicted octanol–water partition coefficient (Wildman–Crippen LogP) is 3.35. The van der Waals surface area contributed by atoms with Gasteiger partial charge in [-0.25, -0.2) is 12.8 Å². The minimum atomic E-state index is -3.62. The van der Waals surface area contributed by atoms with E-state index in [4.69, 9.17) is 0 Å². The zero-order chi connectivity index (χ0) is 19.8. The SMILES string of the molecule is Cc1ccc(S(=O)(=O)N2CCN(C(=O)c3ccc(Br)cc3F)CC2)c(C)c1. The summed E-state index contributed by atoms with van der Waals surface area (Å²) < 4.78 is 41.8. The van der Waals surface area contributed by atoms with Crippen molar-refractivity contribution in [1.29, 1.82) is 0 Å².